The second kappa shape index (κ2) is 3.89. The molecule has 1 heterocycles. The highest BCUT2D eigenvalue weighted by Gasteiger charge is 2.14. The predicted molar refractivity (Wildman–Crippen MR) is 58.3 cm³/mol. The summed E-state index contributed by atoms with van der Waals surface area (Å²) in [5.41, 5.74) is 1.50. The summed E-state index contributed by atoms with van der Waals surface area (Å²) in [7, 11) is 0. The summed E-state index contributed by atoms with van der Waals surface area (Å²) < 4.78 is 15.0. The first-order valence-corrected chi connectivity index (χ1v) is 4.90. The molecule has 16 heavy (non-hydrogen) atoms. The lowest BCUT2D eigenvalue weighted by molar-refractivity contribution is 0.101. The zero-order valence-corrected chi connectivity index (χ0v) is 9.07. The van der Waals surface area contributed by atoms with Gasteiger partial charge in [-0.2, -0.15) is 5.10 Å². The van der Waals surface area contributed by atoms with Crippen LogP contribution in [0.1, 0.15) is 22.8 Å². The highest BCUT2D eigenvalue weighted by Crippen LogP contribution is 2.18. The third kappa shape index (κ3) is 1.74. The van der Waals surface area contributed by atoms with E-state index in [2.05, 4.69) is 5.10 Å². The molecule has 0 N–H and O–H groups in total. The van der Waals surface area contributed by atoms with Crippen molar-refractivity contribution in [2.24, 2.45) is 0 Å². The van der Waals surface area contributed by atoms with E-state index in [1.807, 2.05) is 6.92 Å². The molecule has 82 valence electrons. The molecule has 3 nitrogen and oxygen atoms in total. The van der Waals surface area contributed by atoms with Crippen LogP contribution in [0.15, 0.2) is 30.6 Å². The first-order valence-electron chi connectivity index (χ1n) is 4.90. The first-order chi connectivity index (χ1) is 7.59. The van der Waals surface area contributed by atoms with Gasteiger partial charge in [-0.15, -0.1) is 0 Å². The van der Waals surface area contributed by atoms with E-state index in [4.69, 9.17) is 0 Å². The van der Waals surface area contributed by atoms with Crippen LogP contribution in [-0.4, -0.2) is 15.6 Å². The number of Topliss-reactive ketones (excluding diaryl/α,β-unsaturated/α-hetero) is 1. The SMILES string of the molecule is CC(=O)c1c(F)cccc1-n1cc(C)cn1. The summed E-state index contributed by atoms with van der Waals surface area (Å²) in [6, 6.07) is 4.51. The summed E-state index contributed by atoms with van der Waals surface area (Å²) in [5, 5.41) is 4.07. The fraction of sp³-hybridized carbons (Fsp3) is 0.167. The average Bonchev–Trinajstić information content (AvgIpc) is 2.63. The molecule has 0 fully saturated rings. The van der Waals surface area contributed by atoms with Gasteiger partial charge >= 0.3 is 0 Å². The van der Waals surface area contributed by atoms with Gasteiger partial charge in [-0.3, -0.25) is 4.79 Å². The zero-order chi connectivity index (χ0) is 11.7. The first kappa shape index (κ1) is 10.5. The summed E-state index contributed by atoms with van der Waals surface area (Å²) in [5.74, 6) is -0.820. The highest BCUT2D eigenvalue weighted by molar-refractivity contribution is 5.97. The van der Waals surface area contributed by atoms with Crippen LogP contribution >= 0.6 is 0 Å². The van der Waals surface area contributed by atoms with Crippen LogP contribution in [0.25, 0.3) is 5.69 Å². The topological polar surface area (TPSA) is 34.9 Å². The Bertz CT molecular complexity index is 546. The molecule has 0 atom stereocenters. The minimum atomic E-state index is -0.516. The molecule has 0 saturated heterocycles. The molecule has 2 rings (SSSR count). The number of hydrogen-bond donors (Lipinski definition) is 0. The smallest absolute Gasteiger partial charge is 0.164 e. The quantitative estimate of drug-likeness (QED) is 0.726. The van der Waals surface area contributed by atoms with Crippen molar-refractivity contribution in [3.63, 3.8) is 0 Å². The summed E-state index contributed by atoms with van der Waals surface area (Å²) >= 11 is 0. The van der Waals surface area contributed by atoms with Gasteiger partial charge in [0.25, 0.3) is 0 Å². The van der Waals surface area contributed by atoms with Gasteiger partial charge in [-0.05, 0) is 31.5 Å². The van der Waals surface area contributed by atoms with Crippen LogP contribution in [0, 0.1) is 12.7 Å². The molecule has 2 aromatic rings. The van der Waals surface area contributed by atoms with E-state index in [0.717, 1.165) is 5.56 Å². The Balaban J connectivity index is 2.65. The molecule has 4 heteroatoms. The van der Waals surface area contributed by atoms with E-state index < -0.39 is 5.82 Å². The number of hydrogen-bond acceptors (Lipinski definition) is 2. The van der Waals surface area contributed by atoms with Gasteiger partial charge < -0.3 is 0 Å². The van der Waals surface area contributed by atoms with Crippen LogP contribution in [0.2, 0.25) is 0 Å². The maximum Gasteiger partial charge on any atom is 0.164 e. The van der Waals surface area contributed by atoms with Crippen molar-refractivity contribution in [1.29, 1.82) is 0 Å². The number of aryl methyl sites for hydroxylation is 1. The van der Waals surface area contributed by atoms with Crippen LogP contribution in [0.3, 0.4) is 0 Å². The van der Waals surface area contributed by atoms with Gasteiger partial charge in [-0.1, -0.05) is 6.07 Å². The third-order valence-corrected chi connectivity index (χ3v) is 2.30. The average molecular weight is 218 g/mol. The molecule has 0 radical (unpaired) electrons. The summed E-state index contributed by atoms with van der Waals surface area (Å²) in [4.78, 5) is 11.4. The van der Waals surface area contributed by atoms with E-state index >= 15 is 0 Å². The number of nitrogens with zero attached hydrogens (tertiary/aromatic N) is 2. The van der Waals surface area contributed by atoms with E-state index in [9.17, 15) is 9.18 Å². The van der Waals surface area contributed by atoms with Gasteiger partial charge in [0, 0.05) is 6.20 Å². The molecule has 0 saturated carbocycles. The van der Waals surface area contributed by atoms with E-state index in [1.54, 1.807) is 24.5 Å². The van der Waals surface area contributed by atoms with Crippen LogP contribution < -0.4 is 0 Å². The van der Waals surface area contributed by atoms with E-state index in [1.165, 1.54) is 17.7 Å². The standard InChI is InChI=1S/C12H11FN2O/c1-8-6-14-15(7-8)11-5-3-4-10(13)12(11)9(2)16/h3-7H,1-2H3. The second-order valence-electron chi connectivity index (χ2n) is 3.65. The van der Waals surface area contributed by atoms with Crippen molar-refractivity contribution >= 4 is 5.78 Å². The number of carbonyl (C=O) groups is 1. The van der Waals surface area contributed by atoms with Crippen molar-refractivity contribution < 1.29 is 9.18 Å². The maximum absolute atomic E-state index is 13.5. The number of halogens is 1. The van der Waals surface area contributed by atoms with E-state index in [0.29, 0.717) is 5.69 Å². The van der Waals surface area contributed by atoms with Crippen LogP contribution in [-0.2, 0) is 0 Å². The minimum absolute atomic E-state index is 0.0746. The maximum atomic E-state index is 13.5. The Kier molecular flexibility index (Phi) is 2.56. The van der Waals surface area contributed by atoms with Gasteiger partial charge in [-0.25, -0.2) is 9.07 Å². The van der Waals surface area contributed by atoms with Crippen molar-refractivity contribution in [1.82, 2.24) is 9.78 Å². The van der Waals surface area contributed by atoms with Crippen molar-refractivity contribution in [2.75, 3.05) is 0 Å². The van der Waals surface area contributed by atoms with Crippen molar-refractivity contribution in [3.8, 4) is 5.69 Å². The van der Waals surface area contributed by atoms with Gasteiger partial charge in [0.2, 0.25) is 0 Å². The lowest BCUT2D eigenvalue weighted by atomic mass is 10.1. The Morgan fingerprint density at radius 1 is 1.44 bits per heavy atom. The summed E-state index contributed by atoms with van der Waals surface area (Å²) in [6.07, 6.45) is 3.41. The fourth-order valence-corrected chi connectivity index (χ4v) is 1.60. The molecule has 0 bridgehead atoms. The summed E-state index contributed by atoms with van der Waals surface area (Å²) in [6.45, 7) is 3.23. The molecule has 0 unspecified atom stereocenters. The number of aromatic nitrogens is 2. The third-order valence-electron chi connectivity index (χ3n) is 2.30. The molecule has 1 aromatic carbocycles. The van der Waals surface area contributed by atoms with Crippen LogP contribution in [0.5, 0.6) is 0 Å². The molecule has 0 aliphatic heterocycles. The number of rotatable bonds is 2. The normalized spacial score (nSPS) is 10.4. The fourth-order valence-electron chi connectivity index (χ4n) is 1.60. The largest absolute Gasteiger partial charge is 0.294 e. The Labute approximate surface area is 92.5 Å². The zero-order valence-electron chi connectivity index (χ0n) is 9.07. The van der Waals surface area contributed by atoms with Gasteiger partial charge in [0.05, 0.1) is 17.4 Å². The molecule has 1 aromatic heterocycles. The van der Waals surface area contributed by atoms with Gasteiger partial charge in [0.15, 0.2) is 5.78 Å². The molecule has 0 aliphatic rings. The van der Waals surface area contributed by atoms with Gasteiger partial charge in [0.1, 0.15) is 5.82 Å². The molecule has 0 spiro atoms. The minimum Gasteiger partial charge on any atom is -0.294 e. The number of benzene rings is 1. The molecular weight excluding hydrogens is 207 g/mol. The van der Waals surface area contributed by atoms with Crippen LogP contribution in [0.4, 0.5) is 4.39 Å². The Morgan fingerprint density at radius 3 is 2.75 bits per heavy atom. The highest BCUT2D eigenvalue weighted by atomic mass is 19.1. The lowest BCUT2D eigenvalue weighted by Gasteiger charge is -2.07. The van der Waals surface area contributed by atoms with Crippen molar-refractivity contribution in [2.45, 2.75) is 13.8 Å². The Morgan fingerprint density at radius 2 is 2.19 bits per heavy atom. The Hall–Kier alpha value is -1.97. The molecule has 0 amide bonds. The predicted octanol–water partition coefficient (Wildman–Crippen LogP) is 2.52. The van der Waals surface area contributed by atoms with Crippen molar-refractivity contribution in [3.05, 3.63) is 47.5 Å². The number of ketones is 1. The molecule has 0 aliphatic carbocycles. The van der Waals surface area contributed by atoms with E-state index in [-0.39, 0.29) is 11.3 Å². The molecular formula is C12H11FN2O. The second-order valence-corrected chi connectivity index (χ2v) is 3.65. The number of carbonyl (C=O) groups excluding carboxylic acids is 1. The monoisotopic (exact) mass is 218 g/mol. The lowest BCUT2D eigenvalue weighted by Crippen LogP contribution is -2.06.